The Labute approximate surface area is 135 Å². The maximum Gasteiger partial charge on any atom is 0.272 e. The van der Waals surface area contributed by atoms with Crippen molar-refractivity contribution in [3.05, 3.63) is 71.7 Å². The lowest BCUT2D eigenvalue weighted by molar-refractivity contribution is 0.0783. The number of likely N-dealkylation sites (tertiary alicyclic amines) is 1. The second-order valence-electron chi connectivity index (χ2n) is 6.12. The molecule has 0 N–H and O–H groups in total. The van der Waals surface area contributed by atoms with Crippen molar-refractivity contribution in [1.82, 2.24) is 14.3 Å². The molecule has 1 amide bonds. The van der Waals surface area contributed by atoms with Crippen LogP contribution in [0.25, 0.3) is 5.65 Å². The lowest BCUT2D eigenvalue weighted by atomic mass is 9.99. The van der Waals surface area contributed by atoms with Crippen molar-refractivity contribution in [3.63, 3.8) is 0 Å². The van der Waals surface area contributed by atoms with Crippen molar-refractivity contribution >= 4 is 11.6 Å². The largest absolute Gasteiger partial charge is 0.337 e. The third-order valence-corrected chi connectivity index (χ3v) is 4.65. The highest BCUT2D eigenvalue weighted by molar-refractivity contribution is 5.95. The summed E-state index contributed by atoms with van der Waals surface area (Å²) in [6.45, 7) is 3.49. The number of hydrogen-bond acceptors (Lipinski definition) is 2. The van der Waals surface area contributed by atoms with E-state index in [4.69, 9.17) is 0 Å². The Balaban J connectivity index is 1.61. The van der Waals surface area contributed by atoms with E-state index in [-0.39, 0.29) is 5.91 Å². The molecule has 23 heavy (non-hydrogen) atoms. The van der Waals surface area contributed by atoms with E-state index in [2.05, 4.69) is 29.2 Å². The quantitative estimate of drug-likeness (QED) is 0.728. The standard InChI is InChI=1S/C19H19N3O/c1-14-18(22-11-6-5-9-17(22)20-14)19(23)21-12-10-16(13-21)15-7-3-2-4-8-15/h2-9,11,16H,10,12-13H2,1H3. The zero-order valence-corrected chi connectivity index (χ0v) is 13.1. The number of pyridine rings is 1. The van der Waals surface area contributed by atoms with Gasteiger partial charge in [0.25, 0.3) is 5.91 Å². The first kappa shape index (κ1) is 14.0. The van der Waals surface area contributed by atoms with E-state index >= 15 is 0 Å². The van der Waals surface area contributed by atoms with Crippen molar-refractivity contribution in [2.24, 2.45) is 0 Å². The highest BCUT2D eigenvalue weighted by Crippen LogP contribution is 2.28. The van der Waals surface area contributed by atoms with E-state index in [1.807, 2.05) is 46.7 Å². The van der Waals surface area contributed by atoms with Crippen molar-refractivity contribution in [2.75, 3.05) is 13.1 Å². The molecule has 1 unspecified atom stereocenters. The Morgan fingerprint density at radius 1 is 1.13 bits per heavy atom. The van der Waals surface area contributed by atoms with E-state index in [1.165, 1.54) is 5.56 Å². The molecule has 1 aliphatic heterocycles. The molecule has 4 nitrogen and oxygen atoms in total. The monoisotopic (exact) mass is 305 g/mol. The topological polar surface area (TPSA) is 37.6 Å². The van der Waals surface area contributed by atoms with Crippen LogP contribution in [0.15, 0.2) is 54.7 Å². The number of carbonyl (C=O) groups excluding carboxylic acids is 1. The van der Waals surface area contributed by atoms with Gasteiger partial charge in [0.1, 0.15) is 11.3 Å². The number of rotatable bonds is 2. The number of hydrogen-bond donors (Lipinski definition) is 0. The van der Waals surface area contributed by atoms with E-state index in [0.29, 0.717) is 11.6 Å². The maximum absolute atomic E-state index is 13.0. The van der Waals surface area contributed by atoms with Crippen molar-refractivity contribution in [3.8, 4) is 0 Å². The van der Waals surface area contributed by atoms with Gasteiger partial charge in [0.05, 0.1) is 5.69 Å². The molecule has 1 saturated heterocycles. The zero-order chi connectivity index (χ0) is 15.8. The molecule has 0 bridgehead atoms. The summed E-state index contributed by atoms with van der Waals surface area (Å²) in [4.78, 5) is 19.4. The number of carbonyl (C=O) groups is 1. The summed E-state index contributed by atoms with van der Waals surface area (Å²) in [6.07, 6.45) is 2.93. The van der Waals surface area contributed by atoms with Gasteiger partial charge in [-0.25, -0.2) is 4.98 Å². The second kappa shape index (κ2) is 5.54. The van der Waals surface area contributed by atoms with Crippen LogP contribution in [-0.4, -0.2) is 33.3 Å². The van der Waals surface area contributed by atoms with Crippen LogP contribution in [-0.2, 0) is 0 Å². The first-order valence-corrected chi connectivity index (χ1v) is 8.02. The minimum absolute atomic E-state index is 0.0830. The molecule has 1 fully saturated rings. The average Bonchev–Trinajstić information content (AvgIpc) is 3.19. The smallest absolute Gasteiger partial charge is 0.272 e. The summed E-state index contributed by atoms with van der Waals surface area (Å²) >= 11 is 0. The van der Waals surface area contributed by atoms with E-state index in [9.17, 15) is 4.79 Å². The van der Waals surface area contributed by atoms with E-state index in [1.54, 1.807) is 0 Å². The van der Waals surface area contributed by atoms with Crippen LogP contribution in [0.4, 0.5) is 0 Å². The minimum atomic E-state index is 0.0830. The molecule has 2 aromatic heterocycles. The Hall–Kier alpha value is -2.62. The number of aromatic nitrogens is 2. The second-order valence-corrected chi connectivity index (χ2v) is 6.12. The number of imidazole rings is 1. The molecule has 0 saturated carbocycles. The fourth-order valence-corrected chi connectivity index (χ4v) is 3.46. The molecular formula is C19H19N3O. The van der Waals surface area contributed by atoms with Gasteiger partial charge in [-0.2, -0.15) is 0 Å². The van der Waals surface area contributed by atoms with Crippen molar-refractivity contribution in [1.29, 1.82) is 0 Å². The van der Waals surface area contributed by atoms with Gasteiger partial charge in [-0.3, -0.25) is 9.20 Å². The van der Waals surface area contributed by atoms with Crippen LogP contribution in [0, 0.1) is 6.92 Å². The molecule has 1 aliphatic rings. The van der Waals surface area contributed by atoms with Gasteiger partial charge in [-0.1, -0.05) is 36.4 Å². The van der Waals surface area contributed by atoms with Gasteiger partial charge in [0, 0.05) is 25.2 Å². The SMILES string of the molecule is Cc1nc2ccccn2c1C(=O)N1CCC(c2ccccc2)C1. The first-order valence-electron chi connectivity index (χ1n) is 8.02. The summed E-state index contributed by atoms with van der Waals surface area (Å²) in [6, 6.07) is 16.3. The Bertz CT molecular complexity index is 853. The molecule has 0 aliphatic carbocycles. The summed E-state index contributed by atoms with van der Waals surface area (Å²) in [7, 11) is 0. The lowest BCUT2D eigenvalue weighted by Crippen LogP contribution is -2.30. The summed E-state index contributed by atoms with van der Waals surface area (Å²) in [5.74, 6) is 0.513. The Morgan fingerprint density at radius 3 is 2.74 bits per heavy atom. The van der Waals surface area contributed by atoms with Crippen molar-refractivity contribution < 1.29 is 4.79 Å². The van der Waals surface area contributed by atoms with Crippen LogP contribution in [0.5, 0.6) is 0 Å². The molecule has 3 aromatic rings. The molecule has 4 heteroatoms. The zero-order valence-electron chi connectivity index (χ0n) is 13.1. The van der Waals surface area contributed by atoms with Crippen LogP contribution in [0.3, 0.4) is 0 Å². The number of fused-ring (bicyclic) bond motifs is 1. The normalized spacial score (nSPS) is 17.8. The lowest BCUT2D eigenvalue weighted by Gasteiger charge is -2.17. The first-order chi connectivity index (χ1) is 11.2. The molecule has 116 valence electrons. The summed E-state index contributed by atoms with van der Waals surface area (Å²) < 4.78 is 1.90. The van der Waals surface area contributed by atoms with E-state index in [0.717, 1.165) is 30.9 Å². The minimum Gasteiger partial charge on any atom is -0.337 e. The Morgan fingerprint density at radius 2 is 1.91 bits per heavy atom. The van der Waals surface area contributed by atoms with Crippen LogP contribution in [0.1, 0.15) is 34.1 Å². The highest BCUT2D eigenvalue weighted by Gasteiger charge is 2.30. The molecule has 0 radical (unpaired) electrons. The van der Waals surface area contributed by atoms with Gasteiger partial charge in [-0.15, -0.1) is 0 Å². The highest BCUT2D eigenvalue weighted by atomic mass is 16.2. The molecule has 0 spiro atoms. The molecule has 1 aromatic carbocycles. The van der Waals surface area contributed by atoms with Crippen molar-refractivity contribution in [2.45, 2.75) is 19.3 Å². The predicted molar refractivity (Wildman–Crippen MR) is 89.6 cm³/mol. The summed E-state index contributed by atoms with van der Waals surface area (Å²) in [5.41, 5.74) is 3.63. The number of amides is 1. The van der Waals surface area contributed by atoms with Crippen LogP contribution in [0.2, 0.25) is 0 Å². The molecule has 3 heterocycles. The third-order valence-electron chi connectivity index (χ3n) is 4.65. The number of benzene rings is 1. The maximum atomic E-state index is 13.0. The number of nitrogens with zero attached hydrogens (tertiary/aromatic N) is 3. The van der Waals surface area contributed by atoms with E-state index < -0.39 is 0 Å². The van der Waals surface area contributed by atoms with Gasteiger partial charge >= 0.3 is 0 Å². The van der Waals surface area contributed by atoms with Gasteiger partial charge in [0.2, 0.25) is 0 Å². The fraction of sp³-hybridized carbons (Fsp3) is 0.263. The van der Waals surface area contributed by atoms with Gasteiger partial charge < -0.3 is 4.90 Å². The van der Waals surface area contributed by atoms with Gasteiger partial charge in [0.15, 0.2) is 0 Å². The average molecular weight is 305 g/mol. The van der Waals surface area contributed by atoms with Crippen LogP contribution >= 0.6 is 0 Å². The fourth-order valence-electron chi connectivity index (χ4n) is 3.46. The molecular weight excluding hydrogens is 286 g/mol. The third kappa shape index (κ3) is 2.40. The summed E-state index contributed by atoms with van der Waals surface area (Å²) in [5, 5.41) is 0. The molecule has 1 atom stereocenters. The molecule has 4 rings (SSSR count). The Kier molecular flexibility index (Phi) is 3.37. The predicted octanol–water partition coefficient (Wildman–Crippen LogP) is 3.27. The van der Waals surface area contributed by atoms with Crippen LogP contribution < -0.4 is 0 Å². The number of aryl methyl sites for hydroxylation is 1. The van der Waals surface area contributed by atoms with Gasteiger partial charge in [-0.05, 0) is 31.0 Å².